The first-order chi connectivity index (χ1) is 15.4. The molecule has 5 nitrogen and oxygen atoms in total. The molecule has 0 bridgehead atoms. The molecule has 5 heteroatoms. The predicted molar refractivity (Wildman–Crippen MR) is 123 cm³/mol. The van der Waals surface area contributed by atoms with Gasteiger partial charge in [0.05, 0.1) is 18.4 Å². The third-order valence-corrected chi connectivity index (χ3v) is 9.99. The van der Waals surface area contributed by atoms with E-state index in [2.05, 4.69) is 26.8 Å². The summed E-state index contributed by atoms with van der Waals surface area (Å²) in [5.74, 6) is -0.177. The van der Waals surface area contributed by atoms with E-state index < -0.39 is 16.9 Å². The normalized spacial score (nSPS) is 43.4. The molecular weight excluding hydrogens is 416 g/mol. The van der Waals surface area contributed by atoms with Crippen LogP contribution in [0.1, 0.15) is 72.3 Å². The zero-order valence-corrected chi connectivity index (χ0v) is 20.4. The van der Waals surface area contributed by atoms with E-state index in [4.69, 9.17) is 9.15 Å². The number of esters is 1. The number of ether oxygens (including phenoxy) is 1. The minimum absolute atomic E-state index is 0.0525. The zero-order valence-electron chi connectivity index (χ0n) is 20.4. The molecule has 7 atom stereocenters. The monoisotopic (exact) mass is 450 g/mol. The van der Waals surface area contributed by atoms with Gasteiger partial charge in [-0.25, -0.2) is 0 Å². The van der Waals surface area contributed by atoms with Crippen LogP contribution in [0.25, 0.3) is 0 Å². The fourth-order valence-electron chi connectivity index (χ4n) is 8.44. The predicted octanol–water partition coefficient (Wildman–Crippen LogP) is 5.42. The molecule has 0 spiro atoms. The van der Waals surface area contributed by atoms with Crippen LogP contribution in [-0.4, -0.2) is 23.6 Å². The van der Waals surface area contributed by atoms with E-state index in [1.807, 2.05) is 26.0 Å². The summed E-state index contributed by atoms with van der Waals surface area (Å²) in [6.45, 7) is 12.1. The molecule has 176 valence electrons. The Balaban J connectivity index is 1.68. The van der Waals surface area contributed by atoms with Crippen molar-refractivity contribution in [1.82, 2.24) is 0 Å². The van der Waals surface area contributed by atoms with Gasteiger partial charge in [0.1, 0.15) is 6.10 Å². The van der Waals surface area contributed by atoms with Gasteiger partial charge in [0.2, 0.25) is 0 Å². The highest BCUT2D eigenvalue weighted by atomic mass is 16.5. The molecule has 0 unspecified atom stereocenters. The lowest BCUT2D eigenvalue weighted by atomic mass is 9.38. The Morgan fingerprint density at radius 3 is 2.48 bits per heavy atom. The molecule has 0 radical (unpaired) electrons. The molecule has 4 aliphatic rings. The standard InChI is InChI=1S/C28H34O5/c1-16(29)33-23-14-20-25(2,3)22(31)8-11-26(20,4)19-7-10-27(5)21(28(19,23)6)13-18(30)24(27)17-9-12-32-15-17/h8-9,11-13,15,19-20,23-24H,7,10,14H2,1-6H3/t19-,20-,23-,24-,26-,27-,28-/m1/s1. The summed E-state index contributed by atoms with van der Waals surface area (Å²) in [7, 11) is 0. The van der Waals surface area contributed by atoms with Gasteiger partial charge in [-0.3, -0.25) is 14.4 Å². The molecule has 0 aliphatic heterocycles. The SMILES string of the molecule is CC(=O)O[C@@H]1C[C@@H]2C(C)(C)C(=O)C=C[C@]2(C)[C@H]2CC[C@]3(C)C(=CC(=O)[C@H]3c3ccoc3)[C@@]21C. The molecule has 4 aliphatic carbocycles. The number of hydrogen-bond donors (Lipinski definition) is 0. The first-order valence-corrected chi connectivity index (χ1v) is 12.1. The largest absolute Gasteiger partial charge is 0.472 e. The summed E-state index contributed by atoms with van der Waals surface area (Å²) in [6.07, 6.45) is 11.0. The molecule has 33 heavy (non-hydrogen) atoms. The fraction of sp³-hybridized carbons (Fsp3) is 0.607. The summed E-state index contributed by atoms with van der Waals surface area (Å²) in [5, 5.41) is 0. The minimum Gasteiger partial charge on any atom is -0.472 e. The van der Waals surface area contributed by atoms with Crippen molar-refractivity contribution >= 4 is 17.5 Å². The molecule has 5 rings (SSSR count). The van der Waals surface area contributed by atoms with E-state index in [0.717, 1.165) is 24.0 Å². The van der Waals surface area contributed by atoms with Crippen LogP contribution in [0, 0.1) is 33.5 Å². The van der Waals surface area contributed by atoms with Crippen LogP contribution >= 0.6 is 0 Å². The first kappa shape index (κ1) is 22.4. The summed E-state index contributed by atoms with van der Waals surface area (Å²) >= 11 is 0. The van der Waals surface area contributed by atoms with Gasteiger partial charge < -0.3 is 9.15 Å². The molecule has 0 aromatic carbocycles. The van der Waals surface area contributed by atoms with Crippen LogP contribution in [0.15, 0.2) is 46.8 Å². The van der Waals surface area contributed by atoms with E-state index in [1.165, 1.54) is 6.92 Å². The Kier molecular flexibility index (Phi) is 4.61. The van der Waals surface area contributed by atoms with Gasteiger partial charge in [-0.05, 0) is 60.3 Å². The topological polar surface area (TPSA) is 73.6 Å². The molecule has 0 N–H and O–H groups in total. The Hall–Kier alpha value is -2.43. The lowest BCUT2D eigenvalue weighted by molar-refractivity contribution is -0.187. The Morgan fingerprint density at radius 2 is 1.85 bits per heavy atom. The van der Waals surface area contributed by atoms with Crippen LogP contribution < -0.4 is 0 Å². The highest BCUT2D eigenvalue weighted by Gasteiger charge is 2.69. The third kappa shape index (κ3) is 2.74. The molecule has 1 heterocycles. The Morgan fingerprint density at radius 1 is 1.12 bits per heavy atom. The van der Waals surface area contributed by atoms with Crippen LogP contribution in [0.3, 0.4) is 0 Å². The highest BCUT2D eigenvalue weighted by Crippen LogP contribution is 2.72. The summed E-state index contributed by atoms with van der Waals surface area (Å²) < 4.78 is 11.4. The fourth-order valence-corrected chi connectivity index (χ4v) is 8.44. The van der Waals surface area contributed by atoms with Gasteiger partial charge >= 0.3 is 5.97 Å². The second-order valence-corrected chi connectivity index (χ2v) is 11.9. The van der Waals surface area contributed by atoms with Gasteiger partial charge in [0.25, 0.3) is 0 Å². The lowest BCUT2D eigenvalue weighted by Crippen LogP contribution is -2.64. The Bertz CT molecular complexity index is 1090. The van der Waals surface area contributed by atoms with E-state index >= 15 is 0 Å². The number of ketones is 2. The van der Waals surface area contributed by atoms with Crippen molar-refractivity contribution < 1.29 is 23.5 Å². The summed E-state index contributed by atoms with van der Waals surface area (Å²) in [6, 6.07) is 1.89. The van der Waals surface area contributed by atoms with E-state index in [0.29, 0.717) is 6.42 Å². The maximum Gasteiger partial charge on any atom is 0.302 e. The molecule has 0 amide bonds. The van der Waals surface area contributed by atoms with E-state index in [1.54, 1.807) is 18.6 Å². The summed E-state index contributed by atoms with van der Waals surface area (Å²) in [4.78, 5) is 38.6. The minimum atomic E-state index is -0.539. The molecule has 0 saturated heterocycles. The van der Waals surface area contributed by atoms with Crippen LogP contribution in [-0.2, 0) is 19.1 Å². The van der Waals surface area contributed by atoms with E-state index in [-0.39, 0.29) is 46.1 Å². The maximum absolute atomic E-state index is 13.4. The van der Waals surface area contributed by atoms with Crippen molar-refractivity contribution in [3.63, 3.8) is 0 Å². The number of allylic oxidation sites excluding steroid dienone is 3. The van der Waals surface area contributed by atoms with Crippen molar-refractivity contribution in [2.24, 2.45) is 33.5 Å². The number of rotatable bonds is 2. The average Bonchev–Trinajstić information content (AvgIpc) is 3.32. The average molecular weight is 451 g/mol. The molecule has 2 fully saturated rings. The highest BCUT2D eigenvalue weighted by molar-refractivity contribution is 6.01. The quantitative estimate of drug-likeness (QED) is 0.563. The first-order valence-electron chi connectivity index (χ1n) is 12.1. The number of fused-ring (bicyclic) bond motifs is 5. The van der Waals surface area contributed by atoms with Gasteiger partial charge in [0.15, 0.2) is 11.6 Å². The number of furan rings is 1. The second kappa shape index (κ2) is 6.80. The van der Waals surface area contributed by atoms with Crippen molar-refractivity contribution in [1.29, 1.82) is 0 Å². The van der Waals surface area contributed by atoms with Gasteiger partial charge in [-0.2, -0.15) is 0 Å². The summed E-state index contributed by atoms with van der Waals surface area (Å²) in [5.41, 5.74) is 0.363. The van der Waals surface area contributed by atoms with Crippen LogP contribution in [0.4, 0.5) is 0 Å². The second-order valence-electron chi connectivity index (χ2n) is 11.9. The maximum atomic E-state index is 13.4. The van der Waals surface area contributed by atoms with Gasteiger partial charge in [-0.15, -0.1) is 0 Å². The third-order valence-electron chi connectivity index (χ3n) is 9.99. The van der Waals surface area contributed by atoms with Crippen molar-refractivity contribution in [3.8, 4) is 0 Å². The van der Waals surface area contributed by atoms with Gasteiger partial charge in [0, 0.05) is 28.7 Å². The lowest BCUT2D eigenvalue weighted by Gasteiger charge is -2.66. The number of carbonyl (C=O) groups is 3. The zero-order chi connectivity index (χ0) is 24.0. The molecule has 2 saturated carbocycles. The van der Waals surface area contributed by atoms with Crippen molar-refractivity contribution in [2.75, 3.05) is 0 Å². The van der Waals surface area contributed by atoms with Gasteiger partial charge in [-0.1, -0.05) is 40.7 Å². The molecule has 1 aromatic heterocycles. The van der Waals surface area contributed by atoms with Crippen molar-refractivity contribution in [2.45, 2.75) is 72.8 Å². The smallest absolute Gasteiger partial charge is 0.302 e. The molecule has 1 aromatic rings. The number of carbonyl (C=O) groups excluding carboxylic acids is 3. The Labute approximate surface area is 195 Å². The van der Waals surface area contributed by atoms with Crippen LogP contribution in [0.5, 0.6) is 0 Å². The van der Waals surface area contributed by atoms with Crippen LogP contribution in [0.2, 0.25) is 0 Å². The van der Waals surface area contributed by atoms with E-state index in [9.17, 15) is 14.4 Å². The number of hydrogen-bond acceptors (Lipinski definition) is 5. The molecular formula is C28H34O5. The van der Waals surface area contributed by atoms with Crippen molar-refractivity contribution in [3.05, 3.63) is 48.0 Å².